The van der Waals surface area contributed by atoms with Gasteiger partial charge in [0.1, 0.15) is 13.2 Å². The largest absolute Gasteiger partial charge is 0.461 e. The van der Waals surface area contributed by atoms with Gasteiger partial charge in [0.25, 0.3) is 0 Å². The smallest absolute Gasteiger partial charge is 0.302 e. The topological polar surface area (TPSA) is 65.5 Å². The number of hydrogen-bond donors (Lipinski definition) is 0. The van der Waals surface area contributed by atoms with E-state index >= 15 is 0 Å². The third kappa shape index (κ3) is 3.32. The van der Waals surface area contributed by atoms with Crippen LogP contribution in [-0.2, 0) is 32.3 Å². The van der Waals surface area contributed by atoms with Crippen LogP contribution >= 0.6 is 0 Å². The lowest BCUT2D eigenvalue weighted by molar-refractivity contribution is -0.143. The zero-order chi connectivity index (χ0) is 14.5. The van der Waals surface area contributed by atoms with Crippen LogP contribution in [0, 0.1) is 0 Å². The summed E-state index contributed by atoms with van der Waals surface area (Å²) in [5.74, 6) is -0.663. The van der Waals surface area contributed by atoms with Crippen LogP contribution < -0.4 is 0 Å². The van der Waals surface area contributed by atoms with Crippen LogP contribution in [0.3, 0.4) is 0 Å². The molecule has 0 saturated heterocycles. The second kappa shape index (κ2) is 6.14. The van der Waals surface area contributed by atoms with Gasteiger partial charge in [-0.3, -0.25) is 14.6 Å². The number of carbonyl (C=O) groups excluding carboxylic acids is 2. The molecule has 0 atom stereocenters. The Morgan fingerprint density at radius 3 is 2.25 bits per heavy atom. The Bertz CT molecular complexity index is 594. The van der Waals surface area contributed by atoms with Crippen molar-refractivity contribution in [1.82, 2.24) is 4.98 Å². The first-order valence-corrected chi connectivity index (χ1v) is 6.19. The summed E-state index contributed by atoms with van der Waals surface area (Å²) >= 11 is 0. The van der Waals surface area contributed by atoms with Gasteiger partial charge in [-0.15, -0.1) is 0 Å². The molecule has 0 bridgehead atoms. The molecule has 0 unspecified atom stereocenters. The Hall–Kier alpha value is -2.43. The average molecular weight is 273 g/mol. The van der Waals surface area contributed by atoms with Crippen molar-refractivity contribution in [2.45, 2.75) is 27.1 Å². The number of rotatable bonds is 4. The van der Waals surface area contributed by atoms with Gasteiger partial charge >= 0.3 is 11.9 Å². The van der Waals surface area contributed by atoms with Crippen LogP contribution in [0.1, 0.15) is 25.0 Å². The van der Waals surface area contributed by atoms with Crippen LogP contribution in [0.5, 0.6) is 0 Å². The molecule has 1 aromatic heterocycles. The minimum absolute atomic E-state index is 0.177. The second-order valence-electron chi connectivity index (χ2n) is 4.37. The van der Waals surface area contributed by atoms with E-state index in [1.807, 2.05) is 18.2 Å². The summed E-state index contributed by atoms with van der Waals surface area (Å²) < 4.78 is 10.0. The number of aromatic nitrogens is 1. The lowest BCUT2D eigenvalue weighted by Crippen LogP contribution is -2.02. The maximum Gasteiger partial charge on any atom is 0.302 e. The second-order valence-corrected chi connectivity index (χ2v) is 4.37. The van der Waals surface area contributed by atoms with Gasteiger partial charge in [-0.25, -0.2) is 0 Å². The molecule has 0 aliphatic rings. The number of hydrogen-bond acceptors (Lipinski definition) is 5. The van der Waals surface area contributed by atoms with Crippen molar-refractivity contribution in [1.29, 1.82) is 0 Å². The van der Waals surface area contributed by atoms with Crippen molar-refractivity contribution in [3.63, 3.8) is 0 Å². The molecule has 0 aliphatic carbocycles. The lowest BCUT2D eigenvalue weighted by Gasteiger charge is -2.10. The Morgan fingerprint density at radius 1 is 0.950 bits per heavy atom. The Morgan fingerprint density at radius 2 is 1.60 bits per heavy atom. The van der Waals surface area contributed by atoms with Crippen molar-refractivity contribution in [3.8, 4) is 0 Å². The van der Waals surface area contributed by atoms with E-state index in [4.69, 9.17) is 9.47 Å². The van der Waals surface area contributed by atoms with Gasteiger partial charge in [-0.1, -0.05) is 18.2 Å². The molecule has 0 N–H and O–H groups in total. The molecule has 0 spiro atoms. The SMILES string of the molecule is CC(=O)OCc1cncc2c(COC(C)=O)cccc12. The van der Waals surface area contributed by atoms with Gasteiger partial charge in [0.2, 0.25) is 0 Å². The highest BCUT2D eigenvalue weighted by atomic mass is 16.5. The number of esters is 2. The first-order chi connectivity index (χ1) is 9.58. The first kappa shape index (κ1) is 14.0. The van der Waals surface area contributed by atoms with Crippen LogP contribution in [0.15, 0.2) is 30.6 Å². The van der Waals surface area contributed by atoms with Gasteiger partial charge in [-0.2, -0.15) is 0 Å². The molecule has 5 heteroatoms. The highest BCUT2D eigenvalue weighted by Gasteiger charge is 2.08. The summed E-state index contributed by atoms with van der Waals surface area (Å²) in [4.78, 5) is 25.9. The van der Waals surface area contributed by atoms with E-state index in [0.29, 0.717) is 0 Å². The van der Waals surface area contributed by atoms with Crippen LogP contribution in [0.2, 0.25) is 0 Å². The molecule has 0 radical (unpaired) electrons. The van der Waals surface area contributed by atoms with E-state index < -0.39 is 0 Å². The van der Waals surface area contributed by atoms with Gasteiger partial charge in [0.15, 0.2) is 0 Å². The third-order valence-corrected chi connectivity index (χ3v) is 2.84. The Labute approximate surface area is 116 Å². The monoisotopic (exact) mass is 273 g/mol. The molecule has 104 valence electrons. The van der Waals surface area contributed by atoms with Crippen molar-refractivity contribution < 1.29 is 19.1 Å². The lowest BCUT2D eigenvalue weighted by atomic mass is 10.0. The molecule has 2 rings (SSSR count). The standard InChI is InChI=1S/C15H15NO4/c1-10(17)19-8-12-4-3-5-14-13(9-20-11(2)18)6-16-7-15(12)14/h3-7H,8-9H2,1-2H3. The molecule has 1 aromatic carbocycles. The summed E-state index contributed by atoms with van der Waals surface area (Å²) in [5.41, 5.74) is 1.69. The maximum absolute atomic E-state index is 10.9. The number of fused-ring (bicyclic) bond motifs is 1. The molecule has 20 heavy (non-hydrogen) atoms. The van der Waals surface area contributed by atoms with Gasteiger partial charge in [-0.05, 0) is 10.9 Å². The summed E-state index contributed by atoms with van der Waals surface area (Å²) in [6.07, 6.45) is 3.38. The summed E-state index contributed by atoms with van der Waals surface area (Å²) in [5, 5.41) is 1.82. The molecule has 2 aromatic rings. The number of ether oxygens (including phenoxy) is 2. The molecule has 5 nitrogen and oxygen atoms in total. The van der Waals surface area contributed by atoms with Gasteiger partial charge in [0.05, 0.1) is 0 Å². The summed E-state index contributed by atoms with van der Waals surface area (Å²) in [6, 6.07) is 5.67. The zero-order valence-corrected chi connectivity index (χ0v) is 11.4. The fourth-order valence-electron chi connectivity index (χ4n) is 1.92. The number of nitrogens with zero attached hydrogens (tertiary/aromatic N) is 1. The van der Waals surface area contributed by atoms with E-state index in [-0.39, 0.29) is 25.2 Å². The number of pyridine rings is 1. The van der Waals surface area contributed by atoms with Crippen LogP contribution in [0.25, 0.3) is 10.8 Å². The first-order valence-electron chi connectivity index (χ1n) is 6.19. The normalized spacial score (nSPS) is 10.3. The molecule has 0 amide bonds. The fourth-order valence-corrected chi connectivity index (χ4v) is 1.92. The predicted molar refractivity (Wildman–Crippen MR) is 72.7 cm³/mol. The van der Waals surface area contributed by atoms with Crippen molar-refractivity contribution >= 4 is 22.7 Å². The third-order valence-electron chi connectivity index (χ3n) is 2.84. The minimum atomic E-state index is -0.335. The van der Waals surface area contributed by atoms with Gasteiger partial charge in [0, 0.05) is 37.2 Å². The van der Waals surface area contributed by atoms with E-state index in [0.717, 1.165) is 21.9 Å². The van der Waals surface area contributed by atoms with Crippen molar-refractivity contribution in [2.24, 2.45) is 0 Å². The highest BCUT2D eigenvalue weighted by molar-refractivity contribution is 5.87. The van der Waals surface area contributed by atoms with Crippen molar-refractivity contribution in [2.75, 3.05) is 0 Å². The predicted octanol–water partition coefficient (Wildman–Crippen LogP) is 2.36. The van der Waals surface area contributed by atoms with Crippen molar-refractivity contribution in [3.05, 3.63) is 41.7 Å². The molecular weight excluding hydrogens is 258 g/mol. The fraction of sp³-hybridized carbons (Fsp3) is 0.267. The number of carbonyl (C=O) groups is 2. The maximum atomic E-state index is 10.9. The highest BCUT2D eigenvalue weighted by Crippen LogP contribution is 2.22. The Kier molecular flexibility index (Phi) is 4.30. The van der Waals surface area contributed by atoms with E-state index in [9.17, 15) is 9.59 Å². The van der Waals surface area contributed by atoms with E-state index in [1.54, 1.807) is 12.4 Å². The molecule has 0 fully saturated rings. The summed E-state index contributed by atoms with van der Waals surface area (Å²) in [6.45, 7) is 3.11. The molecule has 0 saturated carbocycles. The van der Waals surface area contributed by atoms with E-state index in [1.165, 1.54) is 13.8 Å². The average Bonchev–Trinajstić information content (AvgIpc) is 2.42. The molecule has 1 heterocycles. The zero-order valence-electron chi connectivity index (χ0n) is 11.4. The molecule has 0 aliphatic heterocycles. The van der Waals surface area contributed by atoms with E-state index in [2.05, 4.69) is 4.98 Å². The molecular formula is C15H15NO4. The van der Waals surface area contributed by atoms with Crippen LogP contribution in [-0.4, -0.2) is 16.9 Å². The Balaban J connectivity index is 2.35. The number of benzene rings is 1. The summed E-state index contributed by atoms with van der Waals surface area (Å²) in [7, 11) is 0. The quantitative estimate of drug-likeness (QED) is 0.800. The minimum Gasteiger partial charge on any atom is -0.461 e. The van der Waals surface area contributed by atoms with Crippen LogP contribution in [0.4, 0.5) is 0 Å². The van der Waals surface area contributed by atoms with Gasteiger partial charge < -0.3 is 9.47 Å².